The number of benzene rings is 1. The number of para-hydroxylation sites is 1. The molecule has 3 nitrogen and oxygen atoms in total. The van der Waals surface area contributed by atoms with Crippen molar-refractivity contribution >= 4 is 23.0 Å². The standard InChI is InChI=1S/C12H13ClN2O/c1-8-5-6-9(16-8)7-15-11-4-2-3-10(13)12(11)14/h2-6,15H,7,14H2,1H3. The van der Waals surface area contributed by atoms with Crippen LogP contribution in [0.4, 0.5) is 11.4 Å². The van der Waals surface area contributed by atoms with Gasteiger partial charge in [0, 0.05) is 0 Å². The fourth-order valence-electron chi connectivity index (χ4n) is 1.45. The van der Waals surface area contributed by atoms with Crippen molar-refractivity contribution in [3.05, 3.63) is 46.9 Å². The average Bonchev–Trinajstić information content (AvgIpc) is 2.67. The van der Waals surface area contributed by atoms with Crippen LogP contribution in [0.15, 0.2) is 34.7 Å². The van der Waals surface area contributed by atoms with Gasteiger partial charge in [-0.05, 0) is 31.2 Å². The van der Waals surface area contributed by atoms with Crippen LogP contribution in [0.2, 0.25) is 5.02 Å². The van der Waals surface area contributed by atoms with Gasteiger partial charge in [0.25, 0.3) is 0 Å². The number of nitrogens with one attached hydrogen (secondary N) is 1. The molecule has 2 rings (SSSR count). The van der Waals surface area contributed by atoms with Crippen LogP contribution in [-0.4, -0.2) is 0 Å². The normalized spacial score (nSPS) is 10.4. The maximum atomic E-state index is 5.91. The van der Waals surface area contributed by atoms with Crippen LogP contribution in [0, 0.1) is 6.92 Å². The van der Waals surface area contributed by atoms with Gasteiger partial charge in [0.1, 0.15) is 11.5 Å². The summed E-state index contributed by atoms with van der Waals surface area (Å²) < 4.78 is 5.44. The Bertz CT molecular complexity index is 494. The molecule has 0 aliphatic rings. The summed E-state index contributed by atoms with van der Waals surface area (Å²) in [5.74, 6) is 1.77. The van der Waals surface area contributed by atoms with Gasteiger partial charge < -0.3 is 15.5 Å². The second kappa shape index (κ2) is 4.49. The molecule has 0 aliphatic heterocycles. The molecule has 0 aliphatic carbocycles. The van der Waals surface area contributed by atoms with Crippen LogP contribution in [0.3, 0.4) is 0 Å². The lowest BCUT2D eigenvalue weighted by molar-refractivity contribution is 0.490. The van der Waals surface area contributed by atoms with Gasteiger partial charge in [0.15, 0.2) is 0 Å². The van der Waals surface area contributed by atoms with Crippen LogP contribution in [0.25, 0.3) is 0 Å². The van der Waals surface area contributed by atoms with E-state index < -0.39 is 0 Å². The Hall–Kier alpha value is -1.61. The number of halogens is 1. The van der Waals surface area contributed by atoms with Crippen molar-refractivity contribution in [1.82, 2.24) is 0 Å². The van der Waals surface area contributed by atoms with E-state index >= 15 is 0 Å². The first kappa shape index (κ1) is 10.9. The quantitative estimate of drug-likeness (QED) is 0.803. The van der Waals surface area contributed by atoms with Crippen molar-refractivity contribution in [2.24, 2.45) is 0 Å². The highest BCUT2D eigenvalue weighted by Gasteiger charge is 2.03. The van der Waals surface area contributed by atoms with E-state index in [9.17, 15) is 0 Å². The van der Waals surface area contributed by atoms with Crippen LogP contribution in [0.1, 0.15) is 11.5 Å². The fourth-order valence-corrected chi connectivity index (χ4v) is 1.63. The summed E-state index contributed by atoms with van der Waals surface area (Å²) in [6.45, 7) is 2.51. The molecule has 0 radical (unpaired) electrons. The molecular weight excluding hydrogens is 224 g/mol. The topological polar surface area (TPSA) is 51.2 Å². The summed E-state index contributed by atoms with van der Waals surface area (Å²) in [6, 6.07) is 9.37. The molecule has 0 fully saturated rings. The highest BCUT2D eigenvalue weighted by Crippen LogP contribution is 2.27. The third kappa shape index (κ3) is 2.31. The smallest absolute Gasteiger partial charge is 0.123 e. The van der Waals surface area contributed by atoms with Crippen LogP contribution in [0.5, 0.6) is 0 Å². The summed E-state index contributed by atoms with van der Waals surface area (Å²) in [6.07, 6.45) is 0. The zero-order chi connectivity index (χ0) is 11.5. The van der Waals surface area contributed by atoms with Gasteiger partial charge in [0.2, 0.25) is 0 Å². The summed E-state index contributed by atoms with van der Waals surface area (Å²) in [7, 11) is 0. The first-order chi connectivity index (χ1) is 7.66. The SMILES string of the molecule is Cc1ccc(CNc2cccc(Cl)c2N)o1. The molecule has 1 aromatic heterocycles. The summed E-state index contributed by atoms with van der Waals surface area (Å²) in [4.78, 5) is 0. The van der Waals surface area contributed by atoms with E-state index in [1.54, 1.807) is 6.07 Å². The molecule has 0 unspecified atom stereocenters. The Morgan fingerprint density at radius 1 is 1.31 bits per heavy atom. The highest BCUT2D eigenvalue weighted by molar-refractivity contribution is 6.33. The third-order valence-electron chi connectivity index (χ3n) is 2.30. The Balaban J connectivity index is 2.07. The Kier molecular flexibility index (Phi) is 3.06. The minimum absolute atomic E-state index is 0.556. The van der Waals surface area contributed by atoms with Crippen molar-refractivity contribution in [3.63, 3.8) is 0 Å². The molecule has 0 amide bonds. The fraction of sp³-hybridized carbons (Fsp3) is 0.167. The summed E-state index contributed by atoms with van der Waals surface area (Å²) in [5.41, 5.74) is 7.21. The van der Waals surface area contributed by atoms with Gasteiger partial charge in [0.05, 0.1) is 22.9 Å². The first-order valence-corrected chi connectivity index (χ1v) is 5.38. The number of anilines is 2. The molecule has 4 heteroatoms. The van der Waals surface area contributed by atoms with Crippen molar-refractivity contribution in [1.29, 1.82) is 0 Å². The summed E-state index contributed by atoms with van der Waals surface area (Å²) >= 11 is 5.91. The molecule has 1 aromatic carbocycles. The van der Waals surface area contributed by atoms with E-state index in [0.29, 0.717) is 17.3 Å². The largest absolute Gasteiger partial charge is 0.465 e. The molecule has 0 bridgehead atoms. The zero-order valence-corrected chi connectivity index (χ0v) is 9.71. The minimum atomic E-state index is 0.556. The van der Waals surface area contributed by atoms with Crippen molar-refractivity contribution < 1.29 is 4.42 Å². The third-order valence-corrected chi connectivity index (χ3v) is 2.63. The van der Waals surface area contributed by atoms with Gasteiger partial charge >= 0.3 is 0 Å². The predicted octanol–water partition coefficient (Wildman–Crippen LogP) is 3.44. The molecule has 84 valence electrons. The van der Waals surface area contributed by atoms with E-state index in [4.69, 9.17) is 21.8 Å². The molecule has 0 atom stereocenters. The van der Waals surface area contributed by atoms with Crippen molar-refractivity contribution in [3.8, 4) is 0 Å². The van der Waals surface area contributed by atoms with E-state index in [1.807, 2.05) is 31.2 Å². The minimum Gasteiger partial charge on any atom is -0.465 e. The highest BCUT2D eigenvalue weighted by atomic mass is 35.5. The lowest BCUT2D eigenvalue weighted by Gasteiger charge is -2.08. The molecule has 0 saturated carbocycles. The van der Waals surface area contributed by atoms with E-state index in [0.717, 1.165) is 17.2 Å². The Morgan fingerprint density at radius 3 is 2.81 bits per heavy atom. The maximum absolute atomic E-state index is 5.91. The van der Waals surface area contributed by atoms with Crippen molar-refractivity contribution in [2.45, 2.75) is 13.5 Å². The molecular formula is C12H13ClN2O. The van der Waals surface area contributed by atoms with Crippen LogP contribution >= 0.6 is 11.6 Å². The van der Waals surface area contributed by atoms with Crippen LogP contribution < -0.4 is 11.1 Å². The second-order valence-corrected chi connectivity index (χ2v) is 3.97. The van der Waals surface area contributed by atoms with E-state index in [2.05, 4.69) is 5.32 Å². The number of aryl methyl sites for hydroxylation is 1. The molecule has 0 spiro atoms. The first-order valence-electron chi connectivity index (χ1n) is 5.00. The molecule has 16 heavy (non-hydrogen) atoms. The van der Waals surface area contributed by atoms with Gasteiger partial charge in [-0.3, -0.25) is 0 Å². The number of rotatable bonds is 3. The lowest BCUT2D eigenvalue weighted by atomic mass is 10.2. The number of nitrogen functional groups attached to an aromatic ring is 1. The average molecular weight is 237 g/mol. The number of hydrogen-bond acceptors (Lipinski definition) is 3. The lowest BCUT2D eigenvalue weighted by Crippen LogP contribution is -2.01. The van der Waals surface area contributed by atoms with Gasteiger partial charge in [-0.1, -0.05) is 17.7 Å². The number of hydrogen-bond donors (Lipinski definition) is 2. The predicted molar refractivity (Wildman–Crippen MR) is 66.6 cm³/mol. The number of furan rings is 1. The van der Waals surface area contributed by atoms with E-state index in [-0.39, 0.29) is 0 Å². The van der Waals surface area contributed by atoms with Crippen LogP contribution in [-0.2, 0) is 6.54 Å². The molecule has 2 aromatic rings. The monoisotopic (exact) mass is 236 g/mol. The number of nitrogens with two attached hydrogens (primary N) is 1. The zero-order valence-electron chi connectivity index (χ0n) is 8.96. The molecule has 1 heterocycles. The molecule has 0 saturated heterocycles. The van der Waals surface area contributed by atoms with Crippen molar-refractivity contribution in [2.75, 3.05) is 11.1 Å². The van der Waals surface area contributed by atoms with Gasteiger partial charge in [-0.15, -0.1) is 0 Å². The summed E-state index contributed by atoms with van der Waals surface area (Å²) in [5, 5.41) is 3.74. The Labute approximate surface area is 99.2 Å². The second-order valence-electron chi connectivity index (χ2n) is 3.57. The Morgan fingerprint density at radius 2 is 2.12 bits per heavy atom. The van der Waals surface area contributed by atoms with Gasteiger partial charge in [-0.25, -0.2) is 0 Å². The van der Waals surface area contributed by atoms with Gasteiger partial charge in [-0.2, -0.15) is 0 Å². The van der Waals surface area contributed by atoms with E-state index in [1.165, 1.54) is 0 Å². The maximum Gasteiger partial charge on any atom is 0.123 e. The molecule has 3 N–H and O–H groups in total.